The van der Waals surface area contributed by atoms with Gasteiger partial charge in [-0.15, -0.1) is 0 Å². The lowest BCUT2D eigenvalue weighted by Gasteiger charge is -2.22. The Hall–Kier alpha value is -2.12. The molecule has 0 saturated carbocycles. The summed E-state index contributed by atoms with van der Waals surface area (Å²) in [6.45, 7) is 4.92. The molecule has 0 aromatic rings. The van der Waals surface area contributed by atoms with Gasteiger partial charge >= 0.3 is 17.9 Å². The van der Waals surface area contributed by atoms with Crippen molar-refractivity contribution in [1.82, 2.24) is 4.90 Å². The fourth-order valence-electron chi connectivity index (χ4n) is 6.70. The molecule has 0 unspecified atom stereocenters. The van der Waals surface area contributed by atoms with Crippen molar-refractivity contribution >= 4 is 23.8 Å². The van der Waals surface area contributed by atoms with E-state index in [9.17, 15) is 19.2 Å². The zero-order valence-electron chi connectivity index (χ0n) is 34.2. The van der Waals surface area contributed by atoms with Crippen LogP contribution in [0.1, 0.15) is 232 Å². The third-order valence-corrected chi connectivity index (χ3v) is 10.1. The highest BCUT2D eigenvalue weighted by molar-refractivity contribution is 5.80. The number of hydrogen-bond donors (Lipinski definition) is 1. The van der Waals surface area contributed by atoms with Crippen molar-refractivity contribution in [1.29, 1.82) is 0 Å². The second kappa shape index (κ2) is 40.1. The Bertz CT molecular complexity index is 781. The topological polar surface area (TPSA) is 110 Å². The second-order valence-corrected chi connectivity index (χ2v) is 15.1. The zero-order valence-corrected chi connectivity index (χ0v) is 34.2. The Morgan fingerprint density at radius 2 is 0.654 bits per heavy atom. The summed E-state index contributed by atoms with van der Waals surface area (Å²) < 4.78 is 10.8. The number of carboxylic acids is 1. The minimum absolute atomic E-state index is 0.0451. The van der Waals surface area contributed by atoms with Gasteiger partial charge in [0.25, 0.3) is 0 Å². The van der Waals surface area contributed by atoms with Crippen LogP contribution in [-0.2, 0) is 28.7 Å². The molecule has 0 heterocycles. The summed E-state index contributed by atoms with van der Waals surface area (Å²) in [6, 6.07) is 0. The van der Waals surface area contributed by atoms with E-state index in [1.807, 2.05) is 0 Å². The molecule has 0 radical (unpaired) electrons. The number of esters is 2. The number of nitrogens with zero attached hydrogens (tertiary/aromatic N) is 1. The van der Waals surface area contributed by atoms with Gasteiger partial charge in [-0.1, -0.05) is 194 Å². The first-order valence-electron chi connectivity index (χ1n) is 22.2. The van der Waals surface area contributed by atoms with E-state index >= 15 is 0 Å². The van der Waals surface area contributed by atoms with Crippen LogP contribution in [0.3, 0.4) is 0 Å². The second-order valence-electron chi connectivity index (χ2n) is 15.1. The third-order valence-electron chi connectivity index (χ3n) is 10.1. The van der Waals surface area contributed by atoms with Crippen molar-refractivity contribution in [2.24, 2.45) is 0 Å². The van der Waals surface area contributed by atoms with Crippen molar-refractivity contribution in [3.63, 3.8) is 0 Å². The molecule has 1 amide bonds. The van der Waals surface area contributed by atoms with Gasteiger partial charge in [0.1, 0.15) is 13.2 Å². The first-order valence-corrected chi connectivity index (χ1v) is 22.2. The fraction of sp³-hybridized carbons (Fsp3) is 0.909. The number of amides is 1. The molecule has 0 aliphatic rings. The number of carbonyl (C=O) groups is 4. The molecular weight excluding hydrogens is 654 g/mol. The monoisotopic (exact) mass is 738 g/mol. The van der Waals surface area contributed by atoms with Crippen LogP contribution in [0.4, 0.5) is 0 Å². The van der Waals surface area contributed by atoms with Crippen molar-refractivity contribution < 1.29 is 33.8 Å². The van der Waals surface area contributed by atoms with Crippen LogP contribution in [0.2, 0.25) is 0 Å². The van der Waals surface area contributed by atoms with Gasteiger partial charge in [-0.2, -0.15) is 0 Å². The van der Waals surface area contributed by atoms with Crippen LogP contribution >= 0.6 is 0 Å². The number of rotatable bonds is 41. The first-order chi connectivity index (χ1) is 25.4. The molecular formula is C44H83NO7. The van der Waals surface area contributed by atoms with E-state index in [2.05, 4.69) is 13.8 Å². The molecule has 0 saturated heterocycles. The average Bonchev–Trinajstić information content (AvgIpc) is 3.13. The summed E-state index contributed by atoms with van der Waals surface area (Å²) in [5, 5.41) is 8.99. The van der Waals surface area contributed by atoms with Crippen molar-refractivity contribution in [2.75, 3.05) is 26.3 Å². The molecule has 0 aliphatic carbocycles. The summed E-state index contributed by atoms with van der Waals surface area (Å²) in [7, 11) is 0. The molecule has 306 valence electrons. The standard InChI is InChI=1S/C44H83NO7/c1-3-5-7-9-11-13-15-17-19-21-23-25-27-29-31-33-43(49)51-39-37-45(41(46)35-36-42(47)48)38-40-52-44(50)34-32-30-28-26-24-22-20-18-16-14-12-10-8-6-4-2/h3-40H2,1-2H3,(H,47,48). The Morgan fingerprint density at radius 1 is 0.385 bits per heavy atom. The van der Waals surface area contributed by atoms with Crippen LogP contribution < -0.4 is 0 Å². The van der Waals surface area contributed by atoms with Gasteiger partial charge in [-0.3, -0.25) is 19.2 Å². The van der Waals surface area contributed by atoms with E-state index in [0.717, 1.165) is 38.5 Å². The van der Waals surface area contributed by atoms with Gasteiger partial charge < -0.3 is 19.5 Å². The molecule has 0 aliphatic heterocycles. The van der Waals surface area contributed by atoms with Crippen LogP contribution in [0.15, 0.2) is 0 Å². The highest BCUT2D eigenvalue weighted by Crippen LogP contribution is 2.15. The average molecular weight is 738 g/mol. The van der Waals surface area contributed by atoms with Crippen molar-refractivity contribution in [3.8, 4) is 0 Å². The molecule has 0 aromatic heterocycles. The molecule has 0 aromatic carbocycles. The molecule has 52 heavy (non-hydrogen) atoms. The predicted molar refractivity (Wildman–Crippen MR) is 214 cm³/mol. The van der Waals surface area contributed by atoms with Crippen LogP contribution in [0.5, 0.6) is 0 Å². The molecule has 0 rings (SSSR count). The smallest absolute Gasteiger partial charge is 0.305 e. The fourth-order valence-corrected chi connectivity index (χ4v) is 6.70. The quantitative estimate of drug-likeness (QED) is 0.0491. The number of aliphatic carboxylic acids is 1. The van der Waals surface area contributed by atoms with E-state index < -0.39 is 5.97 Å². The minimum Gasteiger partial charge on any atom is -0.481 e. The van der Waals surface area contributed by atoms with E-state index in [4.69, 9.17) is 14.6 Å². The molecule has 8 nitrogen and oxygen atoms in total. The molecule has 0 bridgehead atoms. The Kier molecular flexibility index (Phi) is 38.4. The van der Waals surface area contributed by atoms with Crippen LogP contribution in [0.25, 0.3) is 0 Å². The zero-order chi connectivity index (χ0) is 38.2. The lowest BCUT2D eigenvalue weighted by atomic mass is 10.0. The summed E-state index contributed by atoms with van der Waals surface area (Å²) in [4.78, 5) is 49.6. The lowest BCUT2D eigenvalue weighted by molar-refractivity contribution is -0.148. The number of hydrogen-bond acceptors (Lipinski definition) is 6. The number of carbonyl (C=O) groups excluding carboxylic acids is 3. The van der Waals surface area contributed by atoms with Gasteiger partial charge in [0, 0.05) is 19.3 Å². The molecule has 0 spiro atoms. The number of ether oxygens (including phenoxy) is 2. The van der Waals surface area contributed by atoms with E-state index in [0.29, 0.717) is 12.8 Å². The maximum atomic E-state index is 12.6. The van der Waals surface area contributed by atoms with E-state index in [-0.39, 0.29) is 57.0 Å². The predicted octanol–water partition coefficient (Wildman–Crippen LogP) is 12.3. The summed E-state index contributed by atoms with van der Waals surface area (Å²) in [6.07, 6.45) is 38.4. The maximum absolute atomic E-state index is 12.6. The van der Waals surface area contributed by atoms with Gasteiger partial charge in [-0.25, -0.2) is 0 Å². The summed E-state index contributed by atoms with van der Waals surface area (Å²) in [5.41, 5.74) is 0. The van der Waals surface area contributed by atoms with Crippen LogP contribution in [0, 0.1) is 0 Å². The lowest BCUT2D eigenvalue weighted by Crippen LogP contribution is -2.37. The first kappa shape index (κ1) is 49.9. The Morgan fingerprint density at radius 3 is 0.923 bits per heavy atom. The minimum atomic E-state index is -1.04. The third kappa shape index (κ3) is 37.6. The number of carboxylic acid groups (broad SMARTS) is 1. The number of unbranched alkanes of at least 4 members (excludes halogenated alkanes) is 28. The molecule has 0 atom stereocenters. The van der Waals surface area contributed by atoms with Crippen molar-refractivity contribution in [3.05, 3.63) is 0 Å². The summed E-state index contributed by atoms with van der Waals surface area (Å²) >= 11 is 0. The van der Waals surface area contributed by atoms with Crippen LogP contribution in [-0.4, -0.2) is 60.1 Å². The Labute approximate surface area is 320 Å². The van der Waals surface area contributed by atoms with Gasteiger partial charge in [0.2, 0.25) is 5.91 Å². The molecule has 1 N–H and O–H groups in total. The van der Waals surface area contributed by atoms with Gasteiger partial charge in [-0.05, 0) is 12.8 Å². The largest absolute Gasteiger partial charge is 0.481 e. The summed E-state index contributed by atoms with van der Waals surface area (Å²) in [5.74, 6) is -1.94. The molecule has 0 fully saturated rings. The molecule has 8 heteroatoms. The van der Waals surface area contributed by atoms with E-state index in [1.165, 1.54) is 159 Å². The van der Waals surface area contributed by atoms with E-state index in [1.54, 1.807) is 0 Å². The van der Waals surface area contributed by atoms with Crippen molar-refractivity contribution in [2.45, 2.75) is 232 Å². The SMILES string of the molecule is CCCCCCCCCCCCCCCCCC(=O)OCCN(CCOC(=O)CCCCCCCCCCCCCCCCC)C(=O)CCC(=O)O. The van der Waals surface area contributed by atoms with Gasteiger partial charge in [0.15, 0.2) is 0 Å². The van der Waals surface area contributed by atoms with Gasteiger partial charge in [0.05, 0.1) is 19.5 Å². The highest BCUT2D eigenvalue weighted by atomic mass is 16.5. The normalized spacial score (nSPS) is 11.1. The highest BCUT2D eigenvalue weighted by Gasteiger charge is 2.16. The maximum Gasteiger partial charge on any atom is 0.305 e. The Balaban J connectivity index is 3.92.